The molecule has 0 saturated heterocycles. The SMILES string of the molecule is O=C(NCCc1ccccc1)NC1CCC(NC(=O)c2ccccc2F)CC1. The number of urea groups is 1. The fraction of sp³-hybridized carbons (Fsp3) is 0.364. The third-order valence-corrected chi connectivity index (χ3v) is 5.06. The molecule has 0 spiro atoms. The maximum absolute atomic E-state index is 13.7. The first-order valence-electron chi connectivity index (χ1n) is 9.75. The number of rotatable bonds is 6. The van der Waals surface area contributed by atoms with Gasteiger partial charge in [0.1, 0.15) is 5.82 Å². The molecule has 1 saturated carbocycles. The topological polar surface area (TPSA) is 70.2 Å². The Kier molecular flexibility index (Phi) is 7.00. The van der Waals surface area contributed by atoms with Gasteiger partial charge in [-0.05, 0) is 49.8 Å². The molecule has 3 N–H and O–H groups in total. The Labute approximate surface area is 164 Å². The van der Waals surface area contributed by atoms with Gasteiger partial charge in [0.15, 0.2) is 0 Å². The third kappa shape index (κ3) is 5.81. The highest BCUT2D eigenvalue weighted by atomic mass is 19.1. The molecule has 5 nitrogen and oxygen atoms in total. The first-order chi connectivity index (χ1) is 13.6. The van der Waals surface area contributed by atoms with Crippen molar-refractivity contribution in [1.82, 2.24) is 16.0 Å². The Morgan fingerprint density at radius 1 is 0.857 bits per heavy atom. The van der Waals surface area contributed by atoms with Gasteiger partial charge in [-0.25, -0.2) is 9.18 Å². The number of hydrogen-bond acceptors (Lipinski definition) is 2. The molecule has 3 rings (SSSR count). The molecule has 0 bridgehead atoms. The quantitative estimate of drug-likeness (QED) is 0.715. The Balaban J connectivity index is 1.35. The zero-order chi connectivity index (χ0) is 19.8. The molecular weight excluding hydrogens is 357 g/mol. The van der Waals surface area contributed by atoms with Crippen molar-refractivity contribution in [2.45, 2.75) is 44.2 Å². The molecule has 1 fully saturated rings. The van der Waals surface area contributed by atoms with Crippen molar-refractivity contribution < 1.29 is 14.0 Å². The second-order valence-electron chi connectivity index (χ2n) is 7.14. The van der Waals surface area contributed by atoms with Crippen molar-refractivity contribution >= 4 is 11.9 Å². The van der Waals surface area contributed by atoms with Crippen LogP contribution < -0.4 is 16.0 Å². The van der Waals surface area contributed by atoms with E-state index >= 15 is 0 Å². The van der Waals surface area contributed by atoms with Crippen molar-refractivity contribution in [3.63, 3.8) is 0 Å². The molecule has 1 aliphatic rings. The van der Waals surface area contributed by atoms with E-state index in [9.17, 15) is 14.0 Å². The van der Waals surface area contributed by atoms with E-state index in [1.54, 1.807) is 12.1 Å². The summed E-state index contributed by atoms with van der Waals surface area (Å²) in [5, 5.41) is 8.78. The lowest BCUT2D eigenvalue weighted by Crippen LogP contribution is -2.47. The van der Waals surface area contributed by atoms with Gasteiger partial charge in [-0.2, -0.15) is 0 Å². The molecule has 0 unspecified atom stereocenters. The van der Waals surface area contributed by atoms with Crippen LogP contribution in [0.3, 0.4) is 0 Å². The van der Waals surface area contributed by atoms with E-state index in [4.69, 9.17) is 0 Å². The zero-order valence-electron chi connectivity index (χ0n) is 15.8. The van der Waals surface area contributed by atoms with Crippen LogP contribution >= 0.6 is 0 Å². The smallest absolute Gasteiger partial charge is 0.315 e. The molecule has 0 radical (unpaired) electrons. The summed E-state index contributed by atoms with van der Waals surface area (Å²) in [5.74, 6) is -0.893. The lowest BCUT2D eigenvalue weighted by molar-refractivity contribution is 0.0920. The summed E-state index contributed by atoms with van der Waals surface area (Å²) >= 11 is 0. The molecule has 148 valence electrons. The molecule has 0 heterocycles. The van der Waals surface area contributed by atoms with Crippen molar-refractivity contribution in [2.75, 3.05) is 6.54 Å². The van der Waals surface area contributed by atoms with Gasteiger partial charge in [0.2, 0.25) is 0 Å². The van der Waals surface area contributed by atoms with Crippen LogP contribution in [0.25, 0.3) is 0 Å². The average molecular weight is 383 g/mol. The summed E-state index contributed by atoms with van der Waals surface area (Å²) in [4.78, 5) is 24.2. The van der Waals surface area contributed by atoms with Gasteiger partial charge < -0.3 is 16.0 Å². The van der Waals surface area contributed by atoms with Crippen LogP contribution in [0, 0.1) is 5.82 Å². The van der Waals surface area contributed by atoms with Crippen LogP contribution in [0.5, 0.6) is 0 Å². The predicted octanol–water partition coefficient (Wildman–Crippen LogP) is 3.41. The number of amides is 3. The van der Waals surface area contributed by atoms with Crippen molar-refractivity contribution in [3.8, 4) is 0 Å². The second-order valence-corrected chi connectivity index (χ2v) is 7.14. The Bertz CT molecular complexity index is 789. The largest absolute Gasteiger partial charge is 0.349 e. The maximum atomic E-state index is 13.7. The summed E-state index contributed by atoms with van der Waals surface area (Å²) < 4.78 is 13.7. The molecule has 0 aromatic heterocycles. The van der Waals surface area contributed by atoms with Gasteiger partial charge in [0.05, 0.1) is 5.56 Å². The van der Waals surface area contributed by atoms with Crippen LogP contribution in [-0.4, -0.2) is 30.6 Å². The highest BCUT2D eigenvalue weighted by molar-refractivity contribution is 5.94. The molecule has 2 aromatic carbocycles. The molecular formula is C22H26FN3O2. The third-order valence-electron chi connectivity index (χ3n) is 5.06. The fourth-order valence-electron chi connectivity index (χ4n) is 3.49. The molecule has 0 aliphatic heterocycles. The minimum atomic E-state index is -0.512. The second kappa shape index (κ2) is 9.88. The maximum Gasteiger partial charge on any atom is 0.315 e. The highest BCUT2D eigenvalue weighted by Crippen LogP contribution is 2.19. The van der Waals surface area contributed by atoms with E-state index in [1.807, 2.05) is 30.3 Å². The summed E-state index contributed by atoms with van der Waals surface area (Å²) in [6.45, 7) is 0.587. The van der Waals surface area contributed by atoms with Crippen LogP contribution in [0.4, 0.5) is 9.18 Å². The number of halogens is 1. The monoisotopic (exact) mass is 383 g/mol. The first-order valence-corrected chi connectivity index (χ1v) is 9.75. The van der Waals surface area contributed by atoms with Gasteiger partial charge in [-0.15, -0.1) is 0 Å². The van der Waals surface area contributed by atoms with E-state index in [0.717, 1.165) is 32.1 Å². The lowest BCUT2D eigenvalue weighted by Gasteiger charge is -2.29. The van der Waals surface area contributed by atoms with Gasteiger partial charge in [-0.3, -0.25) is 4.79 Å². The van der Waals surface area contributed by atoms with E-state index < -0.39 is 5.82 Å². The van der Waals surface area contributed by atoms with Crippen LogP contribution in [0.1, 0.15) is 41.6 Å². The minimum Gasteiger partial charge on any atom is -0.349 e. The van der Waals surface area contributed by atoms with Crippen LogP contribution in [0.2, 0.25) is 0 Å². The minimum absolute atomic E-state index is 0.00583. The number of carbonyl (C=O) groups excluding carboxylic acids is 2. The highest BCUT2D eigenvalue weighted by Gasteiger charge is 2.24. The van der Waals surface area contributed by atoms with Gasteiger partial charge in [0.25, 0.3) is 5.91 Å². The number of hydrogen-bond donors (Lipinski definition) is 3. The van der Waals surface area contributed by atoms with Gasteiger partial charge in [-0.1, -0.05) is 42.5 Å². The zero-order valence-corrected chi connectivity index (χ0v) is 15.8. The van der Waals surface area contributed by atoms with E-state index in [2.05, 4.69) is 16.0 Å². The standard InChI is InChI=1S/C22H26FN3O2/c23-20-9-5-4-8-19(20)21(27)25-17-10-12-18(13-11-17)26-22(28)24-15-14-16-6-2-1-3-7-16/h1-9,17-18H,10-15H2,(H,25,27)(H2,24,26,28). The van der Waals surface area contributed by atoms with Crippen molar-refractivity contribution in [1.29, 1.82) is 0 Å². The number of nitrogens with one attached hydrogen (secondary N) is 3. The first kappa shape index (κ1) is 19.9. The van der Waals surface area contributed by atoms with E-state index in [-0.39, 0.29) is 29.6 Å². The molecule has 2 aromatic rings. The Morgan fingerprint density at radius 2 is 1.46 bits per heavy atom. The Morgan fingerprint density at radius 3 is 2.14 bits per heavy atom. The lowest BCUT2D eigenvalue weighted by atomic mass is 9.91. The molecule has 0 atom stereocenters. The molecule has 3 amide bonds. The van der Waals surface area contributed by atoms with Crippen LogP contribution in [-0.2, 0) is 6.42 Å². The normalized spacial score (nSPS) is 18.9. The number of carbonyl (C=O) groups is 2. The van der Waals surface area contributed by atoms with Crippen molar-refractivity contribution in [2.24, 2.45) is 0 Å². The summed E-state index contributed by atoms with van der Waals surface area (Å²) in [7, 11) is 0. The fourth-order valence-corrected chi connectivity index (χ4v) is 3.49. The van der Waals surface area contributed by atoms with Crippen LogP contribution in [0.15, 0.2) is 54.6 Å². The van der Waals surface area contributed by atoms with E-state index in [1.165, 1.54) is 17.7 Å². The Hall–Kier alpha value is -2.89. The summed E-state index contributed by atoms with van der Waals surface area (Å²) in [6.07, 6.45) is 3.88. The van der Waals surface area contributed by atoms with E-state index in [0.29, 0.717) is 6.54 Å². The average Bonchev–Trinajstić information content (AvgIpc) is 2.70. The van der Waals surface area contributed by atoms with Gasteiger partial charge in [0, 0.05) is 18.6 Å². The summed E-state index contributed by atoms with van der Waals surface area (Å²) in [6, 6.07) is 15.9. The van der Waals surface area contributed by atoms with Crippen molar-refractivity contribution in [3.05, 3.63) is 71.5 Å². The van der Waals surface area contributed by atoms with Gasteiger partial charge >= 0.3 is 6.03 Å². The predicted molar refractivity (Wildman–Crippen MR) is 107 cm³/mol. The molecule has 6 heteroatoms. The molecule has 28 heavy (non-hydrogen) atoms. The molecule has 1 aliphatic carbocycles. The number of benzene rings is 2. The summed E-state index contributed by atoms with van der Waals surface area (Å²) in [5.41, 5.74) is 1.26.